The molecule has 1 atom stereocenters. The van der Waals surface area contributed by atoms with Crippen LogP contribution in [0.1, 0.15) is 12.0 Å². The second-order valence-electron chi connectivity index (χ2n) is 4.13. The van der Waals surface area contributed by atoms with Crippen molar-refractivity contribution in [2.45, 2.75) is 13.0 Å². The number of likely N-dealkylation sites (tertiary alicyclic amines) is 1. The zero-order valence-corrected chi connectivity index (χ0v) is 10.4. The Kier molecular flexibility index (Phi) is 3.59. The van der Waals surface area contributed by atoms with E-state index in [1.807, 2.05) is 4.90 Å². The Hall–Kier alpha value is -0.900. The summed E-state index contributed by atoms with van der Waals surface area (Å²) in [4.78, 5) is 13.5. The summed E-state index contributed by atoms with van der Waals surface area (Å²) in [6.07, 6.45) is 0.618. The van der Waals surface area contributed by atoms with Crippen LogP contribution in [0.2, 0.25) is 0 Å². The van der Waals surface area contributed by atoms with Gasteiger partial charge in [0.2, 0.25) is 5.91 Å². The van der Waals surface area contributed by atoms with Crippen molar-refractivity contribution >= 4 is 21.8 Å². The highest BCUT2D eigenvalue weighted by molar-refractivity contribution is 9.09. The van der Waals surface area contributed by atoms with Crippen LogP contribution in [0.15, 0.2) is 24.3 Å². The summed E-state index contributed by atoms with van der Waals surface area (Å²) in [6.45, 7) is 1.38. The van der Waals surface area contributed by atoms with Crippen LogP contribution in [0.5, 0.6) is 0 Å². The molecule has 1 amide bonds. The number of carbonyl (C=O) groups is 1. The number of alkyl halides is 1. The molecule has 1 saturated heterocycles. The van der Waals surface area contributed by atoms with Gasteiger partial charge in [0.15, 0.2) is 0 Å². The lowest BCUT2D eigenvalue weighted by molar-refractivity contribution is -0.128. The average Bonchev–Trinajstić information content (AvgIpc) is 2.63. The molecule has 1 fully saturated rings. The first-order chi connectivity index (χ1) is 7.69. The molecule has 0 aromatic heterocycles. The minimum atomic E-state index is -0.241. The first-order valence-corrected chi connectivity index (χ1v) is 6.39. The maximum Gasteiger partial charge on any atom is 0.223 e. The highest BCUT2D eigenvalue weighted by Gasteiger charge is 2.28. The van der Waals surface area contributed by atoms with E-state index in [0.29, 0.717) is 18.9 Å². The molecular formula is C12H13BrFNO. The van der Waals surface area contributed by atoms with Crippen LogP contribution in [0.3, 0.4) is 0 Å². The molecule has 0 N–H and O–H groups in total. The molecule has 4 heteroatoms. The first kappa shape index (κ1) is 11.6. The summed E-state index contributed by atoms with van der Waals surface area (Å²) in [5, 5.41) is 0.860. The highest BCUT2D eigenvalue weighted by Crippen LogP contribution is 2.21. The summed E-state index contributed by atoms with van der Waals surface area (Å²) in [6, 6.07) is 6.31. The molecule has 1 heterocycles. The molecule has 0 radical (unpaired) electrons. The Balaban J connectivity index is 2.00. The maximum absolute atomic E-state index is 12.7. The minimum Gasteiger partial charge on any atom is -0.338 e. The monoisotopic (exact) mass is 285 g/mol. The molecule has 86 valence electrons. The van der Waals surface area contributed by atoms with Gasteiger partial charge in [0.25, 0.3) is 0 Å². The highest BCUT2D eigenvalue weighted by atomic mass is 79.9. The summed E-state index contributed by atoms with van der Waals surface area (Å²) in [7, 11) is 0. The number of carbonyl (C=O) groups excluding carboxylic acids is 1. The number of halogens is 2. The second kappa shape index (κ2) is 4.95. The van der Waals surface area contributed by atoms with Crippen molar-refractivity contribution in [2.24, 2.45) is 5.92 Å². The normalized spacial score (nSPS) is 20.5. The van der Waals surface area contributed by atoms with Gasteiger partial charge >= 0.3 is 0 Å². The van der Waals surface area contributed by atoms with Crippen molar-refractivity contribution in [3.05, 3.63) is 35.6 Å². The van der Waals surface area contributed by atoms with E-state index >= 15 is 0 Å². The van der Waals surface area contributed by atoms with Gasteiger partial charge in [-0.25, -0.2) is 4.39 Å². The van der Waals surface area contributed by atoms with Crippen molar-refractivity contribution < 1.29 is 9.18 Å². The van der Waals surface area contributed by atoms with Gasteiger partial charge < -0.3 is 4.90 Å². The number of hydrogen-bond acceptors (Lipinski definition) is 1. The van der Waals surface area contributed by atoms with Gasteiger partial charge in [0, 0.05) is 24.8 Å². The van der Waals surface area contributed by atoms with Crippen LogP contribution >= 0.6 is 15.9 Å². The lowest BCUT2D eigenvalue weighted by Gasteiger charge is -2.16. The Labute approximate surface area is 103 Å². The van der Waals surface area contributed by atoms with Gasteiger partial charge in [-0.2, -0.15) is 0 Å². The van der Waals surface area contributed by atoms with E-state index in [2.05, 4.69) is 15.9 Å². The topological polar surface area (TPSA) is 20.3 Å². The molecule has 1 unspecified atom stereocenters. The Bertz CT molecular complexity index is 379. The summed E-state index contributed by atoms with van der Waals surface area (Å²) in [5.41, 5.74) is 0.977. The van der Waals surface area contributed by atoms with E-state index in [4.69, 9.17) is 0 Å². The van der Waals surface area contributed by atoms with Crippen LogP contribution in [-0.4, -0.2) is 22.7 Å². The molecule has 0 saturated carbocycles. The van der Waals surface area contributed by atoms with E-state index in [9.17, 15) is 9.18 Å². The standard InChI is InChI=1S/C12H13BrFNO/c13-6-10-5-12(16)15(8-10)7-9-1-3-11(14)4-2-9/h1-4,10H,5-8H2. The van der Waals surface area contributed by atoms with E-state index in [-0.39, 0.29) is 11.7 Å². The molecule has 1 aliphatic rings. The van der Waals surface area contributed by atoms with Crippen molar-refractivity contribution in [1.82, 2.24) is 4.90 Å². The van der Waals surface area contributed by atoms with Crippen molar-refractivity contribution in [2.75, 3.05) is 11.9 Å². The maximum atomic E-state index is 12.7. The fraction of sp³-hybridized carbons (Fsp3) is 0.417. The largest absolute Gasteiger partial charge is 0.338 e. The lowest BCUT2D eigenvalue weighted by Crippen LogP contribution is -2.24. The van der Waals surface area contributed by atoms with Crippen LogP contribution in [0, 0.1) is 11.7 Å². The Morgan fingerprint density at radius 1 is 1.38 bits per heavy atom. The number of nitrogens with zero attached hydrogens (tertiary/aromatic N) is 1. The van der Waals surface area contributed by atoms with Gasteiger partial charge in [-0.3, -0.25) is 4.79 Å². The van der Waals surface area contributed by atoms with Crippen LogP contribution in [-0.2, 0) is 11.3 Å². The zero-order chi connectivity index (χ0) is 11.5. The second-order valence-corrected chi connectivity index (χ2v) is 4.77. The van der Waals surface area contributed by atoms with E-state index in [1.54, 1.807) is 12.1 Å². The SMILES string of the molecule is O=C1CC(CBr)CN1Cc1ccc(F)cc1. The summed E-state index contributed by atoms with van der Waals surface area (Å²) < 4.78 is 12.7. The Morgan fingerprint density at radius 2 is 2.06 bits per heavy atom. The van der Waals surface area contributed by atoms with Gasteiger partial charge in [0.05, 0.1) is 0 Å². The third-order valence-corrected chi connectivity index (χ3v) is 3.72. The molecule has 1 aromatic rings. The third-order valence-electron chi connectivity index (χ3n) is 2.80. The zero-order valence-electron chi connectivity index (χ0n) is 8.83. The number of hydrogen-bond donors (Lipinski definition) is 0. The molecular weight excluding hydrogens is 273 g/mol. The molecule has 2 nitrogen and oxygen atoms in total. The molecule has 0 spiro atoms. The third kappa shape index (κ3) is 2.61. The molecule has 16 heavy (non-hydrogen) atoms. The molecule has 0 bridgehead atoms. The van der Waals surface area contributed by atoms with Crippen molar-refractivity contribution in [3.63, 3.8) is 0 Å². The van der Waals surface area contributed by atoms with Gasteiger partial charge in [-0.05, 0) is 23.6 Å². The number of benzene rings is 1. The van der Waals surface area contributed by atoms with Gasteiger partial charge in [0.1, 0.15) is 5.82 Å². The van der Waals surface area contributed by atoms with Gasteiger partial charge in [-0.15, -0.1) is 0 Å². The van der Waals surface area contributed by atoms with Crippen molar-refractivity contribution in [1.29, 1.82) is 0 Å². The quantitative estimate of drug-likeness (QED) is 0.782. The predicted molar refractivity (Wildman–Crippen MR) is 63.7 cm³/mol. The van der Waals surface area contributed by atoms with Crippen LogP contribution in [0.4, 0.5) is 4.39 Å². The van der Waals surface area contributed by atoms with Gasteiger partial charge in [-0.1, -0.05) is 28.1 Å². The predicted octanol–water partition coefficient (Wildman–Crippen LogP) is 2.57. The summed E-state index contributed by atoms with van der Waals surface area (Å²) >= 11 is 3.40. The fourth-order valence-corrected chi connectivity index (χ4v) is 2.35. The number of rotatable bonds is 3. The lowest BCUT2D eigenvalue weighted by atomic mass is 10.2. The molecule has 0 aliphatic carbocycles. The smallest absolute Gasteiger partial charge is 0.223 e. The first-order valence-electron chi connectivity index (χ1n) is 5.27. The van der Waals surface area contributed by atoms with Crippen LogP contribution < -0.4 is 0 Å². The van der Waals surface area contributed by atoms with Crippen molar-refractivity contribution in [3.8, 4) is 0 Å². The summed E-state index contributed by atoms with van der Waals surface area (Å²) in [5.74, 6) is 0.358. The molecule has 1 aliphatic heterocycles. The van der Waals surface area contributed by atoms with Crippen LogP contribution in [0.25, 0.3) is 0 Å². The average molecular weight is 286 g/mol. The van der Waals surface area contributed by atoms with E-state index in [0.717, 1.165) is 17.4 Å². The van der Waals surface area contributed by atoms with E-state index < -0.39 is 0 Å². The molecule has 2 rings (SSSR count). The minimum absolute atomic E-state index is 0.189. The Morgan fingerprint density at radius 3 is 2.62 bits per heavy atom. The molecule has 1 aromatic carbocycles. The van der Waals surface area contributed by atoms with E-state index in [1.165, 1.54) is 12.1 Å². The number of amides is 1. The fourth-order valence-electron chi connectivity index (χ4n) is 1.92.